The molecular formula is C12H11N3O2Se. The van der Waals surface area contributed by atoms with Crippen LogP contribution in [0.15, 0.2) is 34.7 Å². The number of furan rings is 1. The quantitative estimate of drug-likeness (QED) is 0.713. The summed E-state index contributed by atoms with van der Waals surface area (Å²) in [6, 6.07) is 9.54. The molecule has 0 bridgehead atoms. The van der Waals surface area contributed by atoms with Gasteiger partial charge in [-0.25, -0.2) is 0 Å². The fourth-order valence-corrected chi connectivity index (χ4v) is 2.89. The van der Waals surface area contributed by atoms with Crippen LogP contribution in [0.5, 0.6) is 0 Å². The molecule has 0 aliphatic rings. The van der Waals surface area contributed by atoms with Gasteiger partial charge in [0.1, 0.15) is 0 Å². The number of aromatic nitrogens is 2. The van der Waals surface area contributed by atoms with Gasteiger partial charge in [0, 0.05) is 0 Å². The average Bonchev–Trinajstić information content (AvgIpc) is 3.05. The number of anilines is 1. The van der Waals surface area contributed by atoms with E-state index in [0.717, 1.165) is 22.5 Å². The molecule has 0 amide bonds. The van der Waals surface area contributed by atoms with Crippen LogP contribution in [0.4, 0.5) is 5.69 Å². The molecule has 0 spiro atoms. The molecule has 0 atom stereocenters. The minimum atomic E-state index is -0.0720. The molecule has 0 saturated heterocycles. The van der Waals surface area contributed by atoms with E-state index < -0.39 is 0 Å². The van der Waals surface area contributed by atoms with Crippen molar-refractivity contribution >= 4 is 31.7 Å². The molecule has 5 nitrogen and oxygen atoms in total. The molecule has 0 radical (unpaired) electrons. The van der Waals surface area contributed by atoms with Crippen molar-refractivity contribution < 1.29 is 9.52 Å². The molecule has 0 aliphatic heterocycles. The maximum atomic E-state index is 8.92. The van der Waals surface area contributed by atoms with E-state index in [4.69, 9.17) is 9.52 Å². The summed E-state index contributed by atoms with van der Waals surface area (Å²) >= 11 is -0.0190. The first kappa shape index (κ1) is 11.5. The van der Waals surface area contributed by atoms with E-state index in [1.807, 2.05) is 24.3 Å². The predicted octanol–water partition coefficient (Wildman–Crippen LogP) is 1.38. The van der Waals surface area contributed by atoms with E-state index in [1.54, 1.807) is 6.07 Å². The summed E-state index contributed by atoms with van der Waals surface area (Å²) in [6.45, 7) is 0.496. The van der Waals surface area contributed by atoms with Crippen LogP contribution >= 0.6 is 0 Å². The Morgan fingerprint density at radius 3 is 2.89 bits per heavy atom. The van der Waals surface area contributed by atoms with Crippen molar-refractivity contribution in [2.24, 2.45) is 0 Å². The third kappa shape index (κ3) is 2.18. The van der Waals surface area contributed by atoms with Crippen LogP contribution in [0.3, 0.4) is 0 Å². The summed E-state index contributed by atoms with van der Waals surface area (Å²) in [6.07, 6.45) is 0. The number of hydrogen-bond acceptors (Lipinski definition) is 5. The van der Waals surface area contributed by atoms with Crippen molar-refractivity contribution in [3.63, 3.8) is 0 Å². The Bertz CT molecular complexity index is 662. The summed E-state index contributed by atoms with van der Waals surface area (Å²) in [5.41, 5.74) is 2.86. The van der Waals surface area contributed by atoms with E-state index in [9.17, 15) is 0 Å². The molecule has 3 rings (SSSR count). The molecule has 2 aromatic heterocycles. The first-order valence-electron chi connectivity index (χ1n) is 5.50. The molecule has 1 aromatic carbocycles. The Morgan fingerprint density at radius 1 is 1.17 bits per heavy atom. The topological polar surface area (TPSA) is 71.2 Å². The molecule has 0 aliphatic carbocycles. The third-order valence-corrected chi connectivity index (χ3v) is 3.75. The summed E-state index contributed by atoms with van der Waals surface area (Å²) < 4.78 is 14.1. The van der Waals surface area contributed by atoms with Gasteiger partial charge in [0.2, 0.25) is 0 Å². The average molecular weight is 308 g/mol. The van der Waals surface area contributed by atoms with Crippen molar-refractivity contribution in [3.8, 4) is 0 Å². The first-order chi connectivity index (χ1) is 8.86. The standard InChI is InChI=1S/C12H11N3O2Se/c16-7-9-5-4-8(17-9)6-13-10-2-1-3-11-12(10)15-18-14-11/h1-5,13,16H,6-7H2. The number of nitrogens with one attached hydrogen (secondary N) is 1. The van der Waals surface area contributed by atoms with Gasteiger partial charge in [-0.3, -0.25) is 0 Å². The van der Waals surface area contributed by atoms with Crippen LogP contribution in [-0.4, -0.2) is 28.0 Å². The summed E-state index contributed by atoms with van der Waals surface area (Å²) in [7, 11) is 0. The Morgan fingerprint density at radius 2 is 2.06 bits per heavy atom. The Hall–Kier alpha value is -1.62. The van der Waals surface area contributed by atoms with Gasteiger partial charge in [-0.05, 0) is 0 Å². The molecule has 0 fully saturated rings. The fourth-order valence-electron chi connectivity index (χ4n) is 1.73. The van der Waals surface area contributed by atoms with Crippen LogP contribution in [0, 0.1) is 0 Å². The number of fused-ring (bicyclic) bond motifs is 1. The summed E-state index contributed by atoms with van der Waals surface area (Å²) in [5, 5.41) is 12.2. The molecule has 0 saturated carbocycles. The Balaban J connectivity index is 1.78. The second kappa shape index (κ2) is 4.94. The number of nitrogens with zero attached hydrogens (tertiary/aromatic N) is 2. The zero-order valence-electron chi connectivity index (χ0n) is 9.46. The van der Waals surface area contributed by atoms with Crippen LogP contribution in [0.2, 0.25) is 0 Å². The normalized spacial score (nSPS) is 10.9. The predicted molar refractivity (Wildman–Crippen MR) is 68.4 cm³/mol. The maximum absolute atomic E-state index is 8.92. The fraction of sp³-hybridized carbons (Fsp3) is 0.167. The number of rotatable bonds is 4. The van der Waals surface area contributed by atoms with Crippen LogP contribution in [-0.2, 0) is 13.2 Å². The molecule has 18 heavy (non-hydrogen) atoms. The number of hydrogen-bond donors (Lipinski definition) is 2. The number of aliphatic hydroxyl groups is 1. The van der Waals surface area contributed by atoms with Gasteiger partial charge in [0.15, 0.2) is 0 Å². The van der Waals surface area contributed by atoms with Crippen molar-refractivity contribution in [2.75, 3.05) is 5.32 Å². The zero-order chi connectivity index (χ0) is 12.4. The van der Waals surface area contributed by atoms with E-state index in [0.29, 0.717) is 12.3 Å². The van der Waals surface area contributed by atoms with E-state index in [2.05, 4.69) is 13.3 Å². The molecule has 2 heterocycles. The zero-order valence-corrected chi connectivity index (χ0v) is 11.2. The molecule has 3 aromatic rings. The molecule has 0 unspecified atom stereocenters. The van der Waals surface area contributed by atoms with Crippen molar-refractivity contribution in [3.05, 3.63) is 41.9 Å². The Labute approximate surface area is 110 Å². The van der Waals surface area contributed by atoms with Crippen LogP contribution < -0.4 is 5.32 Å². The molecular weight excluding hydrogens is 297 g/mol. The minimum absolute atomic E-state index is 0.0190. The van der Waals surface area contributed by atoms with E-state index in [-0.39, 0.29) is 21.6 Å². The number of aliphatic hydroxyl groups excluding tert-OH is 1. The SMILES string of the molecule is OCc1ccc(CNc2cccc3n[se]nc23)o1. The van der Waals surface area contributed by atoms with Gasteiger partial charge in [0.05, 0.1) is 0 Å². The molecule has 2 N–H and O–H groups in total. The second-order valence-electron chi connectivity index (χ2n) is 3.82. The van der Waals surface area contributed by atoms with Gasteiger partial charge in [-0.15, -0.1) is 0 Å². The van der Waals surface area contributed by atoms with Crippen molar-refractivity contribution in [1.82, 2.24) is 7.96 Å². The van der Waals surface area contributed by atoms with Crippen molar-refractivity contribution in [2.45, 2.75) is 13.2 Å². The number of benzene rings is 1. The van der Waals surface area contributed by atoms with E-state index >= 15 is 0 Å². The van der Waals surface area contributed by atoms with Crippen LogP contribution in [0.1, 0.15) is 11.5 Å². The van der Waals surface area contributed by atoms with Crippen molar-refractivity contribution in [1.29, 1.82) is 0 Å². The van der Waals surface area contributed by atoms with E-state index in [1.165, 1.54) is 0 Å². The second-order valence-corrected chi connectivity index (χ2v) is 4.93. The Kier molecular flexibility index (Phi) is 3.15. The van der Waals surface area contributed by atoms with Gasteiger partial charge >= 0.3 is 109 Å². The van der Waals surface area contributed by atoms with Gasteiger partial charge in [-0.1, -0.05) is 0 Å². The molecule has 6 heteroatoms. The summed E-state index contributed by atoms with van der Waals surface area (Å²) in [5.74, 6) is 1.37. The first-order valence-corrected chi connectivity index (χ1v) is 7.03. The van der Waals surface area contributed by atoms with Crippen LogP contribution in [0.25, 0.3) is 11.0 Å². The van der Waals surface area contributed by atoms with Gasteiger partial charge < -0.3 is 0 Å². The third-order valence-electron chi connectivity index (χ3n) is 2.61. The van der Waals surface area contributed by atoms with Gasteiger partial charge in [-0.2, -0.15) is 0 Å². The monoisotopic (exact) mass is 309 g/mol. The molecule has 92 valence electrons. The summed E-state index contributed by atoms with van der Waals surface area (Å²) in [4.78, 5) is 0. The van der Waals surface area contributed by atoms with Gasteiger partial charge in [0.25, 0.3) is 0 Å².